The number of benzene rings is 1. The molecule has 0 N–H and O–H groups in total. The summed E-state index contributed by atoms with van der Waals surface area (Å²) in [5, 5.41) is 8.86. The number of aromatic nitrogens is 5. The molecule has 0 spiro atoms. The lowest BCUT2D eigenvalue weighted by Gasteiger charge is -2.24. The highest BCUT2D eigenvalue weighted by atomic mass is 35.5. The summed E-state index contributed by atoms with van der Waals surface area (Å²) in [6, 6.07) is 5.26. The van der Waals surface area contributed by atoms with Crippen molar-refractivity contribution in [2.75, 3.05) is 39.8 Å². The molecule has 1 fully saturated rings. The number of ether oxygens (including phenoxy) is 4. The molecule has 2 aromatic heterocycles. The topological polar surface area (TPSA) is 128 Å². The van der Waals surface area contributed by atoms with E-state index in [9.17, 15) is 8.42 Å². The lowest BCUT2D eigenvalue weighted by atomic mass is 10.2. The van der Waals surface area contributed by atoms with E-state index in [1.54, 1.807) is 22.8 Å². The standard InChI is InChI=1S/C21H24ClN5O6S/c1-30-15-4-3-5-16(31-2)20(15)27-19(25-26-21(27)17-12-32-7-8-33-17)13-34(28,29)9-6-18-23-10-14(22)11-24-18/h3-5,10-11,17H,6-9,12-13H2,1-2H3/t17-/m1/s1. The van der Waals surface area contributed by atoms with Crippen LogP contribution < -0.4 is 9.47 Å². The maximum atomic E-state index is 13.0. The minimum Gasteiger partial charge on any atom is -0.494 e. The Kier molecular flexibility index (Phi) is 7.61. The number of methoxy groups -OCH3 is 2. The van der Waals surface area contributed by atoms with E-state index in [-0.39, 0.29) is 30.4 Å². The van der Waals surface area contributed by atoms with E-state index < -0.39 is 15.9 Å². The molecule has 0 radical (unpaired) electrons. The Balaban J connectivity index is 1.70. The van der Waals surface area contributed by atoms with Gasteiger partial charge in [-0.15, -0.1) is 10.2 Å². The molecule has 1 aliphatic rings. The molecular weight excluding hydrogens is 486 g/mol. The number of nitrogens with zero attached hydrogens (tertiary/aromatic N) is 5. The zero-order chi connectivity index (χ0) is 24.1. The van der Waals surface area contributed by atoms with E-state index in [2.05, 4.69) is 20.2 Å². The summed E-state index contributed by atoms with van der Waals surface area (Å²) in [5.41, 5.74) is 0.480. The van der Waals surface area contributed by atoms with Crippen molar-refractivity contribution in [3.8, 4) is 17.2 Å². The fraction of sp³-hybridized carbons (Fsp3) is 0.429. The van der Waals surface area contributed by atoms with Crippen molar-refractivity contribution >= 4 is 21.4 Å². The molecule has 1 atom stereocenters. The van der Waals surface area contributed by atoms with Gasteiger partial charge in [-0.3, -0.25) is 4.57 Å². The molecule has 1 saturated heterocycles. The minimum absolute atomic E-state index is 0.137. The smallest absolute Gasteiger partial charge is 0.169 e. The predicted molar refractivity (Wildman–Crippen MR) is 122 cm³/mol. The number of aryl methyl sites for hydroxylation is 1. The Bertz CT molecular complexity index is 1210. The zero-order valence-electron chi connectivity index (χ0n) is 18.7. The van der Waals surface area contributed by atoms with Crippen LogP contribution in [0.25, 0.3) is 5.69 Å². The van der Waals surface area contributed by atoms with Gasteiger partial charge in [-0.05, 0) is 12.1 Å². The van der Waals surface area contributed by atoms with Crippen LogP contribution in [-0.4, -0.2) is 72.9 Å². The van der Waals surface area contributed by atoms with Crippen LogP contribution in [0.5, 0.6) is 11.5 Å². The molecule has 3 heterocycles. The van der Waals surface area contributed by atoms with Gasteiger partial charge in [-0.2, -0.15) is 0 Å². The third kappa shape index (κ3) is 5.46. The van der Waals surface area contributed by atoms with Crippen molar-refractivity contribution in [1.82, 2.24) is 24.7 Å². The molecule has 3 aromatic rings. The van der Waals surface area contributed by atoms with E-state index in [0.29, 0.717) is 47.1 Å². The van der Waals surface area contributed by atoms with Gasteiger partial charge in [0.1, 0.15) is 34.9 Å². The third-order valence-corrected chi connectivity index (χ3v) is 6.86. The van der Waals surface area contributed by atoms with E-state index in [4.69, 9.17) is 30.5 Å². The van der Waals surface area contributed by atoms with Crippen LogP contribution >= 0.6 is 11.6 Å². The van der Waals surface area contributed by atoms with Crippen LogP contribution in [0, 0.1) is 0 Å². The molecule has 182 valence electrons. The number of halogens is 1. The van der Waals surface area contributed by atoms with Crippen molar-refractivity contribution in [2.24, 2.45) is 0 Å². The van der Waals surface area contributed by atoms with Crippen molar-refractivity contribution in [3.05, 3.63) is 53.1 Å². The van der Waals surface area contributed by atoms with Gasteiger partial charge in [0, 0.05) is 18.8 Å². The van der Waals surface area contributed by atoms with Gasteiger partial charge >= 0.3 is 0 Å². The number of hydrogen-bond acceptors (Lipinski definition) is 10. The number of rotatable bonds is 9. The van der Waals surface area contributed by atoms with Gasteiger partial charge in [0.25, 0.3) is 0 Å². The van der Waals surface area contributed by atoms with E-state index in [1.165, 1.54) is 26.6 Å². The molecule has 1 aromatic carbocycles. The largest absolute Gasteiger partial charge is 0.494 e. The summed E-state index contributed by atoms with van der Waals surface area (Å²) in [6.07, 6.45) is 2.46. The average Bonchev–Trinajstić information content (AvgIpc) is 3.25. The van der Waals surface area contributed by atoms with Crippen LogP contribution in [0.1, 0.15) is 23.6 Å². The Morgan fingerprint density at radius 2 is 1.82 bits per heavy atom. The first-order valence-corrected chi connectivity index (χ1v) is 12.6. The molecule has 34 heavy (non-hydrogen) atoms. The SMILES string of the molecule is COc1cccc(OC)c1-n1c(CS(=O)(=O)CCc2ncc(Cl)cn2)nnc1[C@H]1COCCO1. The highest BCUT2D eigenvalue weighted by Crippen LogP contribution is 2.36. The second kappa shape index (κ2) is 10.6. The molecule has 11 nitrogen and oxygen atoms in total. The normalized spacial score (nSPS) is 16.4. The fourth-order valence-electron chi connectivity index (χ4n) is 3.55. The highest BCUT2D eigenvalue weighted by Gasteiger charge is 2.30. The first-order chi connectivity index (χ1) is 16.4. The predicted octanol–water partition coefficient (Wildman–Crippen LogP) is 1.97. The average molecular weight is 510 g/mol. The fourth-order valence-corrected chi connectivity index (χ4v) is 4.86. The maximum absolute atomic E-state index is 13.0. The summed E-state index contributed by atoms with van der Waals surface area (Å²) in [6.45, 7) is 1.11. The molecule has 4 rings (SSSR count). The Hall–Kier alpha value is -2.80. The second-order valence-corrected chi connectivity index (χ2v) is 10.0. The summed E-state index contributed by atoms with van der Waals surface area (Å²) >= 11 is 5.80. The molecule has 0 amide bonds. The van der Waals surface area contributed by atoms with Gasteiger partial charge in [0.2, 0.25) is 0 Å². The van der Waals surface area contributed by atoms with E-state index in [1.807, 2.05) is 0 Å². The Labute approximate surface area is 201 Å². The molecule has 0 unspecified atom stereocenters. The van der Waals surface area contributed by atoms with Crippen molar-refractivity contribution in [1.29, 1.82) is 0 Å². The van der Waals surface area contributed by atoms with E-state index >= 15 is 0 Å². The Morgan fingerprint density at radius 3 is 2.44 bits per heavy atom. The lowest BCUT2D eigenvalue weighted by Crippen LogP contribution is -2.25. The summed E-state index contributed by atoms with van der Waals surface area (Å²) in [7, 11) is -0.582. The van der Waals surface area contributed by atoms with Gasteiger partial charge in [0.05, 0.1) is 44.8 Å². The van der Waals surface area contributed by atoms with Gasteiger partial charge < -0.3 is 18.9 Å². The monoisotopic (exact) mass is 509 g/mol. The Morgan fingerprint density at radius 1 is 1.12 bits per heavy atom. The minimum atomic E-state index is -3.62. The summed E-state index contributed by atoms with van der Waals surface area (Å²) in [5.74, 6) is 1.35. The van der Waals surface area contributed by atoms with Crippen LogP contribution in [0.4, 0.5) is 0 Å². The first kappa shape index (κ1) is 24.3. The first-order valence-electron chi connectivity index (χ1n) is 10.4. The molecule has 0 aliphatic carbocycles. The third-order valence-electron chi connectivity index (χ3n) is 5.14. The molecule has 13 heteroatoms. The van der Waals surface area contributed by atoms with Crippen LogP contribution in [-0.2, 0) is 31.5 Å². The number of sulfone groups is 1. The number of para-hydroxylation sites is 1. The van der Waals surface area contributed by atoms with Crippen LogP contribution in [0.15, 0.2) is 30.6 Å². The van der Waals surface area contributed by atoms with Crippen LogP contribution in [0.3, 0.4) is 0 Å². The zero-order valence-corrected chi connectivity index (χ0v) is 20.3. The van der Waals surface area contributed by atoms with Gasteiger partial charge in [-0.1, -0.05) is 17.7 Å². The molecule has 0 saturated carbocycles. The molecule has 1 aliphatic heterocycles. The lowest BCUT2D eigenvalue weighted by molar-refractivity contribution is -0.0942. The van der Waals surface area contributed by atoms with Crippen molar-refractivity contribution in [2.45, 2.75) is 18.3 Å². The quantitative estimate of drug-likeness (QED) is 0.422. The van der Waals surface area contributed by atoms with Crippen molar-refractivity contribution < 1.29 is 27.4 Å². The number of hydrogen-bond donors (Lipinski definition) is 0. The summed E-state index contributed by atoms with van der Waals surface area (Å²) < 4.78 is 50.2. The summed E-state index contributed by atoms with van der Waals surface area (Å²) in [4.78, 5) is 8.12. The van der Waals surface area contributed by atoms with Crippen LogP contribution in [0.2, 0.25) is 5.02 Å². The second-order valence-electron chi connectivity index (χ2n) is 7.41. The molecular formula is C21H24ClN5O6S. The van der Waals surface area contributed by atoms with Gasteiger partial charge in [-0.25, -0.2) is 18.4 Å². The maximum Gasteiger partial charge on any atom is 0.169 e. The molecule has 0 bridgehead atoms. The van der Waals surface area contributed by atoms with E-state index in [0.717, 1.165) is 0 Å². The van der Waals surface area contributed by atoms with Gasteiger partial charge in [0.15, 0.2) is 21.5 Å². The highest BCUT2D eigenvalue weighted by molar-refractivity contribution is 7.90. The van der Waals surface area contributed by atoms with Crippen molar-refractivity contribution in [3.63, 3.8) is 0 Å².